The molecular formula is C28H36Cl2N4O3Si. The van der Waals surface area contributed by atoms with Crippen LogP contribution in [0.4, 0.5) is 5.95 Å². The van der Waals surface area contributed by atoms with E-state index in [4.69, 9.17) is 27.6 Å². The Balaban J connectivity index is 1.58. The number of nitrogens with zero attached hydrogens (tertiary/aromatic N) is 3. The van der Waals surface area contributed by atoms with E-state index >= 15 is 0 Å². The summed E-state index contributed by atoms with van der Waals surface area (Å²) in [6, 6.07) is 10.9. The monoisotopic (exact) mass is 574 g/mol. The van der Waals surface area contributed by atoms with Gasteiger partial charge in [-0.1, -0.05) is 50.0 Å². The van der Waals surface area contributed by atoms with Crippen LogP contribution in [0.5, 0.6) is 0 Å². The lowest BCUT2D eigenvalue weighted by Gasteiger charge is -2.39. The average molecular weight is 576 g/mol. The van der Waals surface area contributed by atoms with Crippen LogP contribution in [0.1, 0.15) is 51.7 Å². The van der Waals surface area contributed by atoms with Gasteiger partial charge in [0.1, 0.15) is 0 Å². The van der Waals surface area contributed by atoms with Gasteiger partial charge >= 0.3 is 0 Å². The fourth-order valence-corrected chi connectivity index (χ4v) is 5.89. The molecule has 0 amide bonds. The van der Waals surface area contributed by atoms with Crippen molar-refractivity contribution in [1.82, 2.24) is 14.5 Å². The molecule has 0 radical (unpaired) electrons. The lowest BCUT2D eigenvalue weighted by molar-refractivity contribution is 0.162. The van der Waals surface area contributed by atoms with Gasteiger partial charge in [0, 0.05) is 30.1 Å². The van der Waals surface area contributed by atoms with Crippen LogP contribution < -0.4 is 10.9 Å². The number of aliphatic hydroxyl groups excluding tert-OH is 1. The minimum absolute atomic E-state index is 0.00830. The molecule has 0 bridgehead atoms. The quantitative estimate of drug-likeness (QED) is 0.291. The van der Waals surface area contributed by atoms with Crippen LogP contribution in [0.3, 0.4) is 0 Å². The van der Waals surface area contributed by atoms with E-state index in [1.165, 1.54) is 0 Å². The van der Waals surface area contributed by atoms with Crippen molar-refractivity contribution < 1.29 is 9.53 Å². The second-order valence-electron chi connectivity index (χ2n) is 11.5. The van der Waals surface area contributed by atoms with Crippen molar-refractivity contribution in [2.24, 2.45) is 0 Å². The summed E-state index contributed by atoms with van der Waals surface area (Å²) in [4.78, 5) is 22.2. The molecule has 0 spiro atoms. The smallest absolute Gasteiger partial charge is 0.251 e. The molecule has 1 fully saturated rings. The first-order chi connectivity index (χ1) is 17.8. The van der Waals surface area contributed by atoms with E-state index in [9.17, 15) is 9.90 Å². The minimum Gasteiger partial charge on any atom is -0.408 e. The van der Waals surface area contributed by atoms with E-state index in [2.05, 4.69) is 49.1 Å². The lowest BCUT2D eigenvalue weighted by atomic mass is 10.1. The van der Waals surface area contributed by atoms with E-state index in [1.807, 2.05) is 18.2 Å². The number of rotatable bonds is 8. The Morgan fingerprint density at radius 3 is 2.55 bits per heavy atom. The summed E-state index contributed by atoms with van der Waals surface area (Å²) in [6.07, 6.45) is 5.14. The lowest BCUT2D eigenvalue weighted by Crippen LogP contribution is -2.43. The number of benzene rings is 1. The van der Waals surface area contributed by atoms with Gasteiger partial charge in [-0.2, -0.15) is 0 Å². The Hall–Kier alpha value is -2.23. The summed E-state index contributed by atoms with van der Waals surface area (Å²) in [5, 5.41) is 14.0. The number of hydrogen-bond acceptors (Lipinski definition) is 6. The summed E-state index contributed by atoms with van der Waals surface area (Å²) in [5.41, 5.74) is 2.09. The van der Waals surface area contributed by atoms with E-state index in [0.717, 1.165) is 18.4 Å². The van der Waals surface area contributed by atoms with Gasteiger partial charge in [0.05, 0.1) is 34.5 Å². The maximum Gasteiger partial charge on any atom is 0.251 e. The topological polar surface area (TPSA) is 89.3 Å². The van der Waals surface area contributed by atoms with Gasteiger partial charge < -0.3 is 19.4 Å². The van der Waals surface area contributed by atoms with Crippen molar-refractivity contribution in [3.8, 4) is 11.3 Å². The van der Waals surface area contributed by atoms with Gasteiger partial charge in [-0.3, -0.25) is 4.79 Å². The molecule has 7 nitrogen and oxygen atoms in total. The molecule has 204 valence electrons. The number of hydrogen-bond donors (Lipinski definition) is 2. The zero-order valence-electron chi connectivity index (χ0n) is 22.5. The van der Waals surface area contributed by atoms with Crippen LogP contribution in [0.25, 0.3) is 11.3 Å². The summed E-state index contributed by atoms with van der Waals surface area (Å²) < 4.78 is 8.43. The highest BCUT2D eigenvalue weighted by molar-refractivity contribution is 6.74. The van der Waals surface area contributed by atoms with Crippen LogP contribution in [-0.4, -0.2) is 40.1 Å². The van der Waals surface area contributed by atoms with Gasteiger partial charge in [-0.15, -0.1) is 0 Å². The Kier molecular flexibility index (Phi) is 8.69. The fourth-order valence-electron chi connectivity index (χ4n) is 4.31. The molecule has 0 aliphatic heterocycles. The zero-order chi connectivity index (χ0) is 27.7. The Bertz CT molecular complexity index is 1340. The molecular weight excluding hydrogens is 539 g/mol. The van der Waals surface area contributed by atoms with Gasteiger partial charge in [0.2, 0.25) is 5.95 Å². The second kappa shape index (κ2) is 11.5. The Morgan fingerprint density at radius 2 is 1.92 bits per heavy atom. The standard InChI is InChI=1S/C28H36Cl2N4O3Si/c1-28(2,3)38(4,5)37-25(19-6-9-22(29)23(30)14-19)17-34-13-11-18(15-26(34)36)24-10-12-31-27(33-24)32-20-7-8-21(35)16-20/h6,9-15,20-21,25,35H,7-8,16-17H2,1-5H3,(H,31,32,33)/t20-,21-,25-/m0/s1. The Labute approximate surface area is 235 Å². The third kappa shape index (κ3) is 6.85. The number of aromatic nitrogens is 3. The fraction of sp³-hybridized carbons (Fsp3) is 0.464. The van der Waals surface area contributed by atoms with Crippen LogP contribution in [0, 0.1) is 0 Å². The number of nitrogens with one attached hydrogen (secondary N) is 1. The van der Waals surface area contributed by atoms with Crippen molar-refractivity contribution in [3.63, 3.8) is 0 Å². The van der Waals surface area contributed by atoms with Crippen molar-refractivity contribution in [3.05, 3.63) is 74.8 Å². The molecule has 3 aromatic rings. The number of anilines is 1. The predicted molar refractivity (Wildman–Crippen MR) is 156 cm³/mol. The third-order valence-corrected chi connectivity index (χ3v) is 12.8. The van der Waals surface area contributed by atoms with Crippen LogP contribution in [-0.2, 0) is 11.0 Å². The van der Waals surface area contributed by atoms with Crippen LogP contribution >= 0.6 is 23.2 Å². The molecule has 38 heavy (non-hydrogen) atoms. The first kappa shape index (κ1) is 28.8. The maximum atomic E-state index is 13.2. The molecule has 3 atom stereocenters. The maximum absolute atomic E-state index is 13.2. The molecule has 0 unspecified atom stereocenters. The van der Waals surface area contributed by atoms with Gasteiger partial charge in [0.25, 0.3) is 5.56 Å². The average Bonchev–Trinajstić information content (AvgIpc) is 3.25. The second-order valence-corrected chi connectivity index (χ2v) is 17.1. The largest absolute Gasteiger partial charge is 0.408 e. The van der Waals surface area contributed by atoms with Crippen molar-refractivity contribution in [1.29, 1.82) is 0 Å². The summed E-state index contributed by atoms with van der Waals surface area (Å²) in [5.74, 6) is 0.494. The van der Waals surface area contributed by atoms with Crippen LogP contribution in [0.2, 0.25) is 28.2 Å². The highest BCUT2D eigenvalue weighted by Gasteiger charge is 2.39. The molecule has 1 aliphatic carbocycles. The minimum atomic E-state index is -2.17. The summed E-state index contributed by atoms with van der Waals surface area (Å²) in [7, 11) is -2.17. The molecule has 10 heteroatoms. The van der Waals surface area contributed by atoms with E-state index in [0.29, 0.717) is 40.2 Å². The Morgan fingerprint density at radius 1 is 1.16 bits per heavy atom. The van der Waals surface area contributed by atoms with Gasteiger partial charge in [-0.05, 0) is 67.2 Å². The normalized spacial score (nSPS) is 18.9. The van der Waals surface area contributed by atoms with E-state index in [-0.39, 0.29) is 28.8 Å². The molecule has 1 aromatic carbocycles. The number of aliphatic hydroxyl groups is 1. The molecule has 1 aliphatic rings. The molecule has 2 heterocycles. The first-order valence-corrected chi connectivity index (χ1v) is 16.6. The van der Waals surface area contributed by atoms with Gasteiger partial charge in [0.15, 0.2) is 8.32 Å². The SMILES string of the molecule is CC(C)(C)[Si](C)(C)O[C@@H](Cn1ccc(-c2ccnc(N[C@H]3CC[C@H](O)C3)n2)cc1=O)c1ccc(Cl)c(Cl)c1. The first-order valence-electron chi connectivity index (χ1n) is 12.9. The summed E-state index contributed by atoms with van der Waals surface area (Å²) in [6.45, 7) is 11.3. The number of pyridine rings is 1. The van der Waals surface area contributed by atoms with E-state index < -0.39 is 8.32 Å². The number of halogens is 2. The molecule has 2 N–H and O–H groups in total. The summed E-state index contributed by atoms with van der Waals surface area (Å²) >= 11 is 12.5. The predicted octanol–water partition coefficient (Wildman–Crippen LogP) is 6.70. The van der Waals surface area contributed by atoms with Crippen LogP contribution in [0.15, 0.2) is 53.6 Å². The van der Waals surface area contributed by atoms with Gasteiger partial charge in [-0.25, -0.2) is 9.97 Å². The van der Waals surface area contributed by atoms with Crippen molar-refractivity contribution >= 4 is 37.5 Å². The molecule has 4 rings (SSSR count). The highest BCUT2D eigenvalue weighted by Crippen LogP contribution is 2.40. The highest BCUT2D eigenvalue weighted by atomic mass is 35.5. The molecule has 2 aromatic heterocycles. The van der Waals surface area contributed by atoms with E-state index in [1.54, 1.807) is 35.2 Å². The molecule has 1 saturated carbocycles. The molecule has 0 saturated heterocycles. The zero-order valence-corrected chi connectivity index (χ0v) is 25.1. The third-order valence-electron chi connectivity index (χ3n) is 7.61. The van der Waals surface area contributed by atoms with Crippen molar-refractivity contribution in [2.45, 2.75) is 83.0 Å². The van der Waals surface area contributed by atoms with Crippen molar-refractivity contribution in [2.75, 3.05) is 5.32 Å².